The van der Waals surface area contributed by atoms with Crippen LogP contribution >= 0.6 is 11.3 Å². The Morgan fingerprint density at radius 2 is 1.91 bits per heavy atom. The lowest BCUT2D eigenvalue weighted by atomic mass is 9.66. The van der Waals surface area contributed by atoms with Gasteiger partial charge in [-0.05, 0) is 49.2 Å². The molecule has 0 bridgehead atoms. The number of aromatic nitrogens is 2. The van der Waals surface area contributed by atoms with Gasteiger partial charge in [0.15, 0.2) is 9.84 Å². The van der Waals surface area contributed by atoms with Crippen molar-refractivity contribution in [2.24, 2.45) is 0 Å². The maximum Gasteiger partial charge on any atom is 0.264 e. The number of rotatable bonds is 6. The van der Waals surface area contributed by atoms with Gasteiger partial charge in [0.05, 0.1) is 22.1 Å². The zero-order valence-corrected chi connectivity index (χ0v) is 20.2. The quantitative estimate of drug-likeness (QED) is 0.554. The summed E-state index contributed by atoms with van der Waals surface area (Å²) in [5, 5.41) is 3.34. The van der Waals surface area contributed by atoms with Gasteiger partial charge in [-0.15, -0.1) is 11.3 Å². The van der Waals surface area contributed by atoms with Gasteiger partial charge in [0.1, 0.15) is 11.6 Å². The smallest absolute Gasteiger partial charge is 0.264 e. The van der Waals surface area contributed by atoms with Crippen LogP contribution < -0.4 is 5.32 Å². The molecule has 3 aromatic heterocycles. The molecule has 10 heteroatoms. The number of nitrogens with one attached hydrogen (secondary N) is 1. The summed E-state index contributed by atoms with van der Waals surface area (Å²) in [5.74, 6) is 0.341. The van der Waals surface area contributed by atoms with E-state index in [-0.39, 0.29) is 41.7 Å². The third-order valence-corrected chi connectivity index (χ3v) is 9.41. The fourth-order valence-corrected chi connectivity index (χ4v) is 6.63. The van der Waals surface area contributed by atoms with E-state index in [1.54, 1.807) is 29.4 Å². The molecule has 1 aliphatic carbocycles. The van der Waals surface area contributed by atoms with Crippen molar-refractivity contribution in [2.45, 2.75) is 24.7 Å². The minimum Gasteiger partial charge on any atom is -0.369 e. The lowest BCUT2D eigenvalue weighted by molar-refractivity contribution is 0.0775. The summed E-state index contributed by atoms with van der Waals surface area (Å²) in [6.07, 6.45) is 6.22. The Bertz CT molecular complexity index is 1290. The van der Waals surface area contributed by atoms with Gasteiger partial charge in [0.2, 0.25) is 0 Å². The van der Waals surface area contributed by atoms with Gasteiger partial charge >= 0.3 is 0 Å². The van der Waals surface area contributed by atoms with Crippen LogP contribution in [0, 0.1) is 5.82 Å². The van der Waals surface area contributed by atoms with Crippen LogP contribution in [0.25, 0.3) is 10.4 Å². The van der Waals surface area contributed by atoms with Crippen LogP contribution in [0.3, 0.4) is 0 Å². The number of carbonyl (C=O) groups excluding carboxylic acids is 1. The van der Waals surface area contributed by atoms with E-state index in [9.17, 15) is 17.6 Å². The topological polar surface area (TPSA) is 92.3 Å². The van der Waals surface area contributed by atoms with Crippen molar-refractivity contribution in [3.05, 3.63) is 65.2 Å². The summed E-state index contributed by atoms with van der Waals surface area (Å²) in [5.41, 5.74) is 1.11. The monoisotopic (exact) mass is 500 g/mol. The first-order valence-electron chi connectivity index (χ1n) is 11.3. The molecule has 2 aliphatic rings. The van der Waals surface area contributed by atoms with Crippen LogP contribution in [-0.4, -0.2) is 60.3 Å². The molecule has 1 amide bonds. The second-order valence-electron chi connectivity index (χ2n) is 8.86. The Morgan fingerprint density at radius 3 is 2.56 bits per heavy atom. The van der Waals surface area contributed by atoms with E-state index in [4.69, 9.17) is 0 Å². The molecule has 0 aromatic carbocycles. The molecule has 3 aromatic rings. The molecule has 34 heavy (non-hydrogen) atoms. The van der Waals surface area contributed by atoms with E-state index in [1.807, 2.05) is 18.2 Å². The molecule has 7 nitrogen and oxygen atoms in total. The average Bonchev–Trinajstić information content (AvgIpc) is 3.30. The number of sulfone groups is 1. The van der Waals surface area contributed by atoms with Crippen LogP contribution in [0.1, 0.15) is 34.6 Å². The molecule has 0 radical (unpaired) electrons. The van der Waals surface area contributed by atoms with E-state index < -0.39 is 9.84 Å². The number of nitrogens with zero attached hydrogens (tertiary/aromatic N) is 3. The molecule has 0 spiro atoms. The zero-order chi connectivity index (χ0) is 23.8. The fourth-order valence-electron chi connectivity index (χ4n) is 4.46. The summed E-state index contributed by atoms with van der Waals surface area (Å²) in [6.45, 7) is 1.04. The third kappa shape index (κ3) is 4.56. The van der Waals surface area contributed by atoms with Crippen LogP contribution in [0.15, 0.2) is 48.8 Å². The van der Waals surface area contributed by atoms with E-state index >= 15 is 0 Å². The standard InChI is InChI=1S/C24H25FN4O3S2/c25-18-3-1-10-26-22(18)24(8-2-9-24)16-28-21-7-4-17(15-27-21)19-5-6-20(33-19)23(30)29-11-13-34(31,32)14-12-29/h1,3-7,10,15H,2,8-9,11-14,16H2,(H,27,28). The normalized spacial score (nSPS) is 18.8. The Morgan fingerprint density at radius 1 is 1.12 bits per heavy atom. The van der Waals surface area contributed by atoms with E-state index in [0.717, 1.165) is 29.7 Å². The van der Waals surface area contributed by atoms with Crippen molar-refractivity contribution < 1.29 is 17.6 Å². The summed E-state index contributed by atoms with van der Waals surface area (Å²) >= 11 is 1.37. The number of halogens is 1. The molecular formula is C24H25FN4O3S2. The number of pyridine rings is 2. The first-order chi connectivity index (χ1) is 16.4. The van der Waals surface area contributed by atoms with E-state index in [0.29, 0.717) is 22.9 Å². The number of anilines is 1. The molecule has 178 valence electrons. The van der Waals surface area contributed by atoms with Crippen molar-refractivity contribution in [3.63, 3.8) is 0 Å². The third-order valence-electron chi connectivity index (χ3n) is 6.68. The van der Waals surface area contributed by atoms with Crippen LogP contribution in [0.2, 0.25) is 0 Å². The Kier molecular flexibility index (Phi) is 6.11. The van der Waals surface area contributed by atoms with Crippen molar-refractivity contribution in [3.8, 4) is 10.4 Å². The minimum atomic E-state index is -3.03. The first kappa shape index (κ1) is 22.9. The summed E-state index contributed by atoms with van der Waals surface area (Å²) < 4.78 is 37.6. The summed E-state index contributed by atoms with van der Waals surface area (Å²) in [7, 11) is -3.03. The van der Waals surface area contributed by atoms with Gasteiger partial charge in [-0.25, -0.2) is 17.8 Å². The molecular weight excluding hydrogens is 475 g/mol. The molecule has 0 atom stereocenters. The second-order valence-corrected chi connectivity index (χ2v) is 12.2. The molecule has 2 fully saturated rings. The van der Waals surface area contributed by atoms with Crippen molar-refractivity contribution in [1.82, 2.24) is 14.9 Å². The Labute approximate surface area is 202 Å². The summed E-state index contributed by atoms with van der Waals surface area (Å²) in [4.78, 5) is 24.7. The van der Waals surface area contributed by atoms with Gasteiger partial charge in [0.25, 0.3) is 5.91 Å². The molecule has 4 heterocycles. The van der Waals surface area contributed by atoms with Crippen molar-refractivity contribution >= 4 is 32.9 Å². The number of hydrogen-bond donors (Lipinski definition) is 1. The van der Waals surface area contributed by atoms with Gasteiger partial charge in [-0.3, -0.25) is 9.78 Å². The maximum atomic E-state index is 14.3. The Hall–Kier alpha value is -2.85. The van der Waals surface area contributed by atoms with Gasteiger partial charge in [0, 0.05) is 47.9 Å². The van der Waals surface area contributed by atoms with Crippen LogP contribution in [0.4, 0.5) is 10.2 Å². The van der Waals surface area contributed by atoms with E-state index in [1.165, 1.54) is 17.4 Å². The SMILES string of the molecule is O=C(c1ccc(-c2ccc(NCC3(c4ncccc4F)CCC3)nc2)s1)N1CCS(=O)(=O)CC1. The fraction of sp³-hybridized carbons (Fsp3) is 0.375. The largest absolute Gasteiger partial charge is 0.369 e. The highest BCUT2D eigenvalue weighted by atomic mass is 32.2. The van der Waals surface area contributed by atoms with E-state index in [2.05, 4.69) is 15.3 Å². The van der Waals surface area contributed by atoms with Crippen LogP contribution in [0.5, 0.6) is 0 Å². The Balaban J connectivity index is 1.23. The minimum absolute atomic E-state index is 0.0175. The van der Waals surface area contributed by atoms with Gasteiger partial charge in [-0.2, -0.15) is 0 Å². The molecule has 5 rings (SSSR count). The number of thiophene rings is 1. The summed E-state index contributed by atoms with van der Waals surface area (Å²) in [6, 6.07) is 10.6. The molecule has 1 N–H and O–H groups in total. The number of hydrogen-bond acceptors (Lipinski definition) is 7. The highest BCUT2D eigenvalue weighted by molar-refractivity contribution is 7.91. The van der Waals surface area contributed by atoms with Crippen molar-refractivity contribution in [2.75, 3.05) is 36.5 Å². The first-order valence-corrected chi connectivity index (χ1v) is 13.9. The predicted octanol–water partition coefficient (Wildman–Crippen LogP) is 3.75. The van der Waals surface area contributed by atoms with Gasteiger partial charge < -0.3 is 10.2 Å². The van der Waals surface area contributed by atoms with Crippen molar-refractivity contribution in [1.29, 1.82) is 0 Å². The van der Waals surface area contributed by atoms with Gasteiger partial charge in [-0.1, -0.05) is 6.42 Å². The zero-order valence-electron chi connectivity index (χ0n) is 18.5. The number of amides is 1. The lowest BCUT2D eigenvalue weighted by Gasteiger charge is -2.41. The molecule has 1 saturated heterocycles. The highest BCUT2D eigenvalue weighted by Crippen LogP contribution is 2.43. The second kappa shape index (κ2) is 9.07. The predicted molar refractivity (Wildman–Crippen MR) is 130 cm³/mol. The highest BCUT2D eigenvalue weighted by Gasteiger charge is 2.41. The molecule has 1 saturated carbocycles. The molecule has 0 unspecified atom stereocenters. The maximum absolute atomic E-state index is 14.3. The lowest BCUT2D eigenvalue weighted by Crippen LogP contribution is -2.43. The molecule has 1 aliphatic heterocycles. The van der Waals surface area contributed by atoms with Crippen LogP contribution in [-0.2, 0) is 15.3 Å². The average molecular weight is 501 g/mol. The number of carbonyl (C=O) groups is 1.